The van der Waals surface area contributed by atoms with Crippen LogP contribution in [0.25, 0.3) is 11.4 Å². The molecule has 0 atom stereocenters. The number of benzene rings is 2. The third-order valence-electron chi connectivity index (χ3n) is 4.93. The van der Waals surface area contributed by atoms with E-state index in [0.29, 0.717) is 23.6 Å². The average molecular weight is 420 g/mol. The van der Waals surface area contributed by atoms with E-state index in [0.717, 1.165) is 28.3 Å². The number of nitrogens with one attached hydrogen (secondary N) is 1. The van der Waals surface area contributed by atoms with E-state index in [1.54, 1.807) is 16.8 Å². The first-order chi connectivity index (χ1) is 14.5. The van der Waals surface area contributed by atoms with Gasteiger partial charge in [-0.3, -0.25) is 4.79 Å². The molecule has 0 spiro atoms. The van der Waals surface area contributed by atoms with Crippen molar-refractivity contribution in [3.05, 3.63) is 94.5 Å². The van der Waals surface area contributed by atoms with Crippen LogP contribution >= 0.6 is 11.6 Å². The lowest BCUT2D eigenvalue weighted by molar-refractivity contribution is 0.0954. The first-order valence-electron chi connectivity index (χ1n) is 9.72. The summed E-state index contributed by atoms with van der Waals surface area (Å²) in [6, 6.07) is 17.3. The molecule has 0 radical (unpaired) electrons. The number of carbonyl (C=O) groups is 1. The lowest BCUT2D eigenvalue weighted by atomic mass is 10.2. The quantitative estimate of drug-likeness (QED) is 0.506. The molecule has 0 bridgehead atoms. The number of nitrogens with zero attached hydrogens (tertiary/aromatic N) is 4. The molecule has 4 rings (SSSR count). The van der Waals surface area contributed by atoms with Crippen LogP contribution in [-0.4, -0.2) is 32.0 Å². The second kappa shape index (κ2) is 8.55. The summed E-state index contributed by atoms with van der Waals surface area (Å²) in [5, 5.41) is 12.4. The van der Waals surface area contributed by atoms with Gasteiger partial charge in [0.25, 0.3) is 5.91 Å². The number of aryl methyl sites for hydroxylation is 1. The van der Waals surface area contributed by atoms with E-state index in [9.17, 15) is 4.79 Å². The highest BCUT2D eigenvalue weighted by Gasteiger charge is 2.12. The molecule has 0 fully saturated rings. The zero-order chi connectivity index (χ0) is 21.1. The number of hydrogen-bond donors (Lipinski definition) is 1. The van der Waals surface area contributed by atoms with Gasteiger partial charge in [-0.2, -0.15) is 10.2 Å². The minimum atomic E-state index is -0.108. The summed E-state index contributed by atoms with van der Waals surface area (Å²) in [5.41, 5.74) is 5.21. The zero-order valence-electron chi connectivity index (χ0n) is 16.8. The molecule has 1 N–H and O–H groups in total. The van der Waals surface area contributed by atoms with E-state index < -0.39 is 0 Å². The second-order valence-corrected chi connectivity index (χ2v) is 7.46. The first kappa shape index (κ1) is 19.9. The van der Waals surface area contributed by atoms with Crippen molar-refractivity contribution < 1.29 is 4.79 Å². The number of amides is 1. The van der Waals surface area contributed by atoms with E-state index in [1.807, 2.05) is 73.4 Å². The van der Waals surface area contributed by atoms with Crippen LogP contribution in [-0.2, 0) is 6.42 Å². The van der Waals surface area contributed by atoms with Gasteiger partial charge in [-0.1, -0.05) is 29.8 Å². The molecule has 0 aliphatic rings. The van der Waals surface area contributed by atoms with Gasteiger partial charge in [0, 0.05) is 18.3 Å². The predicted molar refractivity (Wildman–Crippen MR) is 118 cm³/mol. The predicted octanol–water partition coefficient (Wildman–Crippen LogP) is 4.30. The van der Waals surface area contributed by atoms with Crippen molar-refractivity contribution in [3.63, 3.8) is 0 Å². The van der Waals surface area contributed by atoms with Gasteiger partial charge in [-0.05, 0) is 62.2 Å². The molecule has 2 aromatic carbocycles. The number of hydrogen-bond acceptors (Lipinski definition) is 3. The normalized spacial score (nSPS) is 10.9. The molecule has 30 heavy (non-hydrogen) atoms. The molecule has 6 nitrogen and oxygen atoms in total. The van der Waals surface area contributed by atoms with Gasteiger partial charge in [0.15, 0.2) is 0 Å². The highest BCUT2D eigenvalue weighted by Crippen LogP contribution is 2.22. The van der Waals surface area contributed by atoms with Crippen LogP contribution in [0.15, 0.2) is 67.0 Å². The first-order valence-corrected chi connectivity index (χ1v) is 10.1. The minimum absolute atomic E-state index is 0.108. The van der Waals surface area contributed by atoms with Gasteiger partial charge < -0.3 is 5.32 Å². The second-order valence-electron chi connectivity index (χ2n) is 7.08. The highest BCUT2D eigenvalue weighted by atomic mass is 35.5. The van der Waals surface area contributed by atoms with Crippen molar-refractivity contribution in [3.8, 4) is 11.4 Å². The molecular formula is C23H22ClN5O. The Morgan fingerprint density at radius 1 is 1.03 bits per heavy atom. The highest BCUT2D eigenvalue weighted by molar-refractivity contribution is 6.31. The fraction of sp³-hybridized carbons (Fsp3) is 0.174. The van der Waals surface area contributed by atoms with E-state index >= 15 is 0 Å². The standard InChI is InChI=1S/C23H22ClN5O/c1-16-22(24)17(2)29(27-16)21-10-8-19(9-11-21)23(30)25-13-12-18-14-26-28(15-18)20-6-4-3-5-7-20/h3-11,14-15H,12-13H2,1-2H3,(H,25,30). The maximum atomic E-state index is 12.5. The van der Waals surface area contributed by atoms with Crippen molar-refractivity contribution >= 4 is 17.5 Å². The molecule has 0 unspecified atom stereocenters. The van der Waals surface area contributed by atoms with Crippen LogP contribution in [0, 0.1) is 13.8 Å². The van der Waals surface area contributed by atoms with Crippen LogP contribution in [0.3, 0.4) is 0 Å². The van der Waals surface area contributed by atoms with E-state index in [-0.39, 0.29) is 5.91 Å². The number of para-hydroxylation sites is 1. The molecule has 7 heteroatoms. The van der Waals surface area contributed by atoms with Gasteiger partial charge in [-0.25, -0.2) is 9.36 Å². The van der Waals surface area contributed by atoms with Crippen molar-refractivity contribution in [2.75, 3.05) is 6.54 Å². The van der Waals surface area contributed by atoms with E-state index in [2.05, 4.69) is 15.5 Å². The number of halogens is 1. The van der Waals surface area contributed by atoms with Gasteiger partial charge >= 0.3 is 0 Å². The molecule has 2 heterocycles. The van der Waals surface area contributed by atoms with Gasteiger partial charge in [-0.15, -0.1) is 0 Å². The lowest BCUT2D eigenvalue weighted by Crippen LogP contribution is -2.25. The lowest BCUT2D eigenvalue weighted by Gasteiger charge is -2.07. The Bertz CT molecular complexity index is 1160. The fourth-order valence-corrected chi connectivity index (χ4v) is 3.38. The Kier molecular flexibility index (Phi) is 5.68. The van der Waals surface area contributed by atoms with Crippen LogP contribution < -0.4 is 5.32 Å². The van der Waals surface area contributed by atoms with Crippen LogP contribution in [0.1, 0.15) is 27.3 Å². The molecule has 0 aliphatic heterocycles. The smallest absolute Gasteiger partial charge is 0.251 e. The summed E-state index contributed by atoms with van der Waals surface area (Å²) in [5.74, 6) is -0.108. The molecule has 0 saturated carbocycles. The molecular weight excluding hydrogens is 398 g/mol. The SMILES string of the molecule is Cc1nn(-c2ccc(C(=O)NCCc3cnn(-c4ccccc4)c3)cc2)c(C)c1Cl. The summed E-state index contributed by atoms with van der Waals surface area (Å²) in [6.45, 7) is 4.33. The molecule has 2 aromatic heterocycles. The molecule has 4 aromatic rings. The Hall–Kier alpha value is -3.38. The van der Waals surface area contributed by atoms with Crippen molar-refractivity contribution in [2.24, 2.45) is 0 Å². The average Bonchev–Trinajstić information content (AvgIpc) is 3.35. The molecule has 0 aliphatic carbocycles. The Morgan fingerprint density at radius 2 is 1.77 bits per heavy atom. The largest absolute Gasteiger partial charge is 0.352 e. The molecule has 152 valence electrons. The van der Waals surface area contributed by atoms with Crippen molar-refractivity contribution in [1.82, 2.24) is 24.9 Å². The third kappa shape index (κ3) is 4.14. The summed E-state index contributed by atoms with van der Waals surface area (Å²) < 4.78 is 3.62. The van der Waals surface area contributed by atoms with Crippen LogP contribution in [0.4, 0.5) is 0 Å². The Morgan fingerprint density at radius 3 is 2.43 bits per heavy atom. The fourth-order valence-electron chi connectivity index (χ4n) is 3.26. The summed E-state index contributed by atoms with van der Waals surface area (Å²) >= 11 is 6.22. The Labute approximate surface area is 180 Å². The monoisotopic (exact) mass is 419 g/mol. The maximum absolute atomic E-state index is 12.5. The Balaban J connectivity index is 1.34. The van der Waals surface area contributed by atoms with Gasteiger partial charge in [0.1, 0.15) is 0 Å². The topological polar surface area (TPSA) is 64.7 Å². The van der Waals surface area contributed by atoms with E-state index in [1.165, 1.54) is 0 Å². The maximum Gasteiger partial charge on any atom is 0.251 e. The molecule has 0 saturated heterocycles. The van der Waals surface area contributed by atoms with E-state index in [4.69, 9.17) is 11.6 Å². The van der Waals surface area contributed by atoms with Gasteiger partial charge in [0.2, 0.25) is 0 Å². The number of rotatable bonds is 6. The third-order valence-corrected chi connectivity index (χ3v) is 5.48. The van der Waals surface area contributed by atoms with Gasteiger partial charge in [0.05, 0.1) is 34.0 Å². The minimum Gasteiger partial charge on any atom is -0.352 e. The zero-order valence-corrected chi connectivity index (χ0v) is 17.6. The summed E-state index contributed by atoms with van der Waals surface area (Å²) in [6.07, 6.45) is 4.52. The summed E-state index contributed by atoms with van der Waals surface area (Å²) in [7, 11) is 0. The van der Waals surface area contributed by atoms with Crippen LogP contribution in [0.5, 0.6) is 0 Å². The van der Waals surface area contributed by atoms with Crippen molar-refractivity contribution in [1.29, 1.82) is 0 Å². The summed E-state index contributed by atoms with van der Waals surface area (Å²) in [4.78, 5) is 12.5. The van der Waals surface area contributed by atoms with Crippen molar-refractivity contribution in [2.45, 2.75) is 20.3 Å². The van der Waals surface area contributed by atoms with Crippen LogP contribution in [0.2, 0.25) is 5.02 Å². The number of carbonyl (C=O) groups excluding carboxylic acids is 1. The number of aromatic nitrogens is 4. The molecule has 1 amide bonds.